The molecule has 1 aromatic carbocycles. The van der Waals surface area contributed by atoms with Crippen molar-refractivity contribution in [1.82, 2.24) is 9.97 Å². The Balaban J connectivity index is 1.86. The van der Waals surface area contributed by atoms with Gasteiger partial charge in [0.2, 0.25) is 0 Å². The lowest BCUT2D eigenvalue weighted by molar-refractivity contribution is -0.147. The van der Waals surface area contributed by atoms with E-state index in [4.69, 9.17) is 4.74 Å². The molecule has 0 saturated heterocycles. The number of ether oxygens (including phenoxy) is 1. The number of amides is 1. The minimum absolute atomic E-state index is 0.00350. The molecule has 1 heterocycles. The summed E-state index contributed by atoms with van der Waals surface area (Å²) >= 11 is 1.42. The lowest BCUT2D eigenvalue weighted by Gasteiger charge is -2.10. The predicted octanol–water partition coefficient (Wildman–Crippen LogP) is 3.35. The Labute approximate surface area is 163 Å². The zero-order valence-electron chi connectivity index (χ0n) is 15.4. The lowest BCUT2D eigenvalue weighted by atomic mass is 10.1. The predicted molar refractivity (Wildman–Crippen MR) is 97.5 cm³/mol. The maximum Gasteiger partial charge on any atom is 0.306 e. The van der Waals surface area contributed by atoms with Crippen LogP contribution < -0.4 is 5.32 Å². The van der Waals surface area contributed by atoms with Gasteiger partial charge < -0.3 is 10.1 Å². The fourth-order valence-electron chi connectivity index (χ4n) is 2.42. The largest absolute Gasteiger partial charge is 0.456 e. The van der Waals surface area contributed by atoms with Crippen LogP contribution in [0.5, 0.6) is 0 Å². The maximum atomic E-state index is 13.5. The van der Waals surface area contributed by atoms with Crippen LogP contribution in [0.2, 0.25) is 0 Å². The van der Waals surface area contributed by atoms with Gasteiger partial charge in [0, 0.05) is 17.8 Å². The summed E-state index contributed by atoms with van der Waals surface area (Å²) in [5.41, 5.74) is 1.80. The summed E-state index contributed by atoms with van der Waals surface area (Å²) < 4.78 is 44.3. The zero-order valence-corrected chi connectivity index (χ0v) is 16.3. The van der Waals surface area contributed by atoms with Gasteiger partial charge in [-0.05, 0) is 44.2 Å². The summed E-state index contributed by atoms with van der Waals surface area (Å²) in [5.74, 6) is -6.12. The van der Waals surface area contributed by atoms with E-state index >= 15 is 0 Å². The first-order valence-electron chi connectivity index (χ1n) is 8.20. The van der Waals surface area contributed by atoms with Gasteiger partial charge >= 0.3 is 5.97 Å². The first kappa shape index (κ1) is 21.7. The van der Waals surface area contributed by atoms with Gasteiger partial charge in [0.05, 0.1) is 5.69 Å². The summed E-state index contributed by atoms with van der Waals surface area (Å²) in [7, 11) is 0. The van der Waals surface area contributed by atoms with E-state index in [0.29, 0.717) is 17.6 Å². The first-order chi connectivity index (χ1) is 13.2. The highest BCUT2D eigenvalue weighted by Crippen LogP contribution is 2.20. The number of aryl methyl sites for hydroxylation is 2. The third kappa shape index (κ3) is 5.44. The molecular formula is C18H18F3N3O3S. The van der Waals surface area contributed by atoms with Crippen molar-refractivity contribution in [3.05, 3.63) is 46.5 Å². The lowest BCUT2D eigenvalue weighted by Crippen LogP contribution is -2.22. The van der Waals surface area contributed by atoms with Gasteiger partial charge in [-0.3, -0.25) is 9.59 Å². The van der Waals surface area contributed by atoms with E-state index in [0.717, 1.165) is 23.0 Å². The normalized spacial score (nSPS) is 10.6. The van der Waals surface area contributed by atoms with Crippen LogP contribution in [-0.4, -0.2) is 34.7 Å². The quantitative estimate of drug-likeness (QED) is 0.325. The number of anilines is 1. The molecule has 1 amide bonds. The van der Waals surface area contributed by atoms with E-state index in [2.05, 4.69) is 9.97 Å². The molecule has 0 bridgehead atoms. The average Bonchev–Trinajstić information content (AvgIpc) is 2.66. The number of hydrogen-bond acceptors (Lipinski definition) is 6. The summed E-state index contributed by atoms with van der Waals surface area (Å²) in [5, 5.41) is 2.66. The van der Waals surface area contributed by atoms with E-state index in [-0.39, 0.29) is 6.42 Å². The van der Waals surface area contributed by atoms with Gasteiger partial charge in [-0.15, -0.1) is 0 Å². The number of rotatable bonds is 7. The van der Waals surface area contributed by atoms with Crippen molar-refractivity contribution in [3.8, 4) is 0 Å². The molecule has 0 saturated carbocycles. The Bertz CT molecular complexity index is 886. The summed E-state index contributed by atoms with van der Waals surface area (Å²) in [4.78, 5) is 32.2. The molecule has 150 valence electrons. The molecule has 6 nitrogen and oxygen atoms in total. The van der Waals surface area contributed by atoms with E-state index < -0.39 is 41.6 Å². The number of halogens is 3. The van der Waals surface area contributed by atoms with Crippen LogP contribution in [0.3, 0.4) is 0 Å². The molecule has 0 aliphatic heterocycles. The molecule has 0 fully saturated rings. The molecule has 28 heavy (non-hydrogen) atoms. The van der Waals surface area contributed by atoms with Crippen molar-refractivity contribution in [1.29, 1.82) is 0 Å². The number of carbonyl (C=O) groups is 2. The van der Waals surface area contributed by atoms with Gasteiger partial charge in [0.25, 0.3) is 5.91 Å². The standard InChI is InChI=1S/C18H18F3N3O3S/c1-9-11(10(2)23-18(22-9)28-3)4-7-15(26)27-8-14(25)24-13-6-5-12(19)16(20)17(13)21/h5-6H,4,7-8H2,1-3H3,(H,24,25). The zero-order chi connectivity index (χ0) is 20.8. The summed E-state index contributed by atoms with van der Waals surface area (Å²) in [6, 6.07) is 1.55. The summed E-state index contributed by atoms with van der Waals surface area (Å²) in [6.07, 6.45) is 2.20. The molecule has 0 aliphatic carbocycles. The maximum absolute atomic E-state index is 13.5. The van der Waals surface area contributed by atoms with Crippen LogP contribution in [0.1, 0.15) is 23.4 Å². The molecule has 0 spiro atoms. The Hall–Kier alpha value is -2.62. The molecule has 0 aliphatic rings. The fourth-order valence-corrected chi connectivity index (χ4v) is 2.87. The Kier molecular flexibility index (Phi) is 7.38. The number of thioether (sulfide) groups is 1. The summed E-state index contributed by atoms with van der Waals surface area (Å²) in [6.45, 7) is 2.95. The third-order valence-corrected chi connectivity index (χ3v) is 4.38. The molecular weight excluding hydrogens is 395 g/mol. The Morgan fingerprint density at radius 2 is 1.75 bits per heavy atom. The van der Waals surface area contributed by atoms with Crippen LogP contribution in [0.15, 0.2) is 17.3 Å². The highest BCUT2D eigenvalue weighted by atomic mass is 32.2. The van der Waals surface area contributed by atoms with Crippen LogP contribution >= 0.6 is 11.8 Å². The minimum atomic E-state index is -1.70. The topological polar surface area (TPSA) is 81.2 Å². The first-order valence-corrected chi connectivity index (χ1v) is 9.42. The van der Waals surface area contributed by atoms with Crippen molar-refractivity contribution >= 4 is 29.3 Å². The van der Waals surface area contributed by atoms with Crippen molar-refractivity contribution < 1.29 is 27.5 Å². The van der Waals surface area contributed by atoms with E-state index in [1.165, 1.54) is 11.8 Å². The fraction of sp³-hybridized carbons (Fsp3) is 0.333. The van der Waals surface area contributed by atoms with E-state index in [1.54, 1.807) is 0 Å². The Morgan fingerprint density at radius 1 is 1.11 bits per heavy atom. The number of carbonyl (C=O) groups excluding carboxylic acids is 2. The molecule has 2 rings (SSSR count). The second kappa shape index (κ2) is 9.54. The molecule has 0 unspecified atom stereocenters. The number of hydrogen-bond donors (Lipinski definition) is 1. The van der Waals surface area contributed by atoms with Gasteiger partial charge in [-0.25, -0.2) is 23.1 Å². The smallest absolute Gasteiger partial charge is 0.306 e. The number of benzene rings is 1. The van der Waals surface area contributed by atoms with Crippen molar-refractivity contribution in [3.63, 3.8) is 0 Å². The van der Waals surface area contributed by atoms with E-state index in [1.807, 2.05) is 25.4 Å². The Morgan fingerprint density at radius 3 is 2.36 bits per heavy atom. The average molecular weight is 413 g/mol. The molecule has 10 heteroatoms. The van der Waals surface area contributed by atoms with Crippen LogP contribution in [0, 0.1) is 31.3 Å². The SMILES string of the molecule is CSc1nc(C)c(CCC(=O)OCC(=O)Nc2ccc(F)c(F)c2F)c(C)n1. The minimum Gasteiger partial charge on any atom is -0.456 e. The highest BCUT2D eigenvalue weighted by molar-refractivity contribution is 7.98. The van der Waals surface area contributed by atoms with Gasteiger partial charge in [-0.2, -0.15) is 0 Å². The monoisotopic (exact) mass is 413 g/mol. The van der Waals surface area contributed by atoms with Gasteiger partial charge in [0.15, 0.2) is 29.2 Å². The third-order valence-electron chi connectivity index (χ3n) is 3.84. The van der Waals surface area contributed by atoms with E-state index in [9.17, 15) is 22.8 Å². The molecule has 1 N–H and O–H groups in total. The molecule has 0 radical (unpaired) electrons. The highest BCUT2D eigenvalue weighted by Gasteiger charge is 2.16. The van der Waals surface area contributed by atoms with Gasteiger partial charge in [0.1, 0.15) is 0 Å². The van der Waals surface area contributed by atoms with Crippen molar-refractivity contribution in [2.45, 2.75) is 31.8 Å². The molecule has 1 aromatic heterocycles. The number of nitrogens with one attached hydrogen (secondary N) is 1. The van der Waals surface area contributed by atoms with Crippen LogP contribution in [0.4, 0.5) is 18.9 Å². The second-order valence-corrected chi connectivity index (χ2v) is 6.56. The van der Waals surface area contributed by atoms with Crippen LogP contribution in [0.25, 0.3) is 0 Å². The number of aromatic nitrogens is 2. The van der Waals surface area contributed by atoms with Crippen molar-refractivity contribution in [2.24, 2.45) is 0 Å². The van der Waals surface area contributed by atoms with Crippen LogP contribution in [-0.2, 0) is 20.7 Å². The van der Waals surface area contributed by atoms with Crippen molar-refractivity contribution in [2.75, 3.05) is 18.2 Å². The molecule has 0 atom stereocenters. The van der Waals surface area contributed by atoms with Gasteiger partial charge in [-0.1, -0.05) is 11.8 Å². The molecule has 2 aromatic rings. The second-order valence-electron chi connectivity index (χ2n) is 5.79. The number of nitrogens with zero attached hydrogens (tertiary/aromatic N) is 2. The number of esters is 1.